The summed E-state index contributed by atoms with van der Waals surface area (Å²) in [5.41, 5.74) is 2.76. The summed E-state index contributed by atoms with van der Waals surface area (Å²) in [6, 6.07) is 14.0. The van der Waals surface area contributed by atoms with E-state index in [0.717, 1.165) is 12.2 Å². The molecular formula is C21H29N3O3S. The third-order valence-electron chi connectivity index (χ3n) is 4.23. The normalized spacial score (nSPS) is 11.5. The molecule has 0 spiro atoms. The van der Waals surface area contributed by atoms with Crippen LogP contribution in [0, 0.1) is 6.92 Å². The summed E-state index contributed by atoms with van der Waals surface area (Å²) >= 11 is 0. The lowest BCUT2D eigenvalue weighted by atomic mass is 10.2. The van der Waals surface area contributed by atoms with Crippen molar-refractivity contribution in [2.75, 3.05) is 24.5 Å². The number of amides is 1. The van der Waals surface area contributed by atoms with Gasteiger partial charge in [0.1, 0.15) is 0 Å². The first kappa shape index (κ1) is 21.9. The first-order valence-corrected chi connectivity index (χ1v) is 10.9. The van der Waals surface area contributed by atoms with Crippen molar-refractivity contribution in [3.8, 4) is 0 Å². The highest BCUT2D eigenvalue weighted by atomic mass is 32.2. The third-order valence-corrected chi connectivity index (χ3v) is 5.91. The minimum absolute atomic E-state index is 0.148. The molecule has 0 radical (unpaired) electrons. The number of likely N-dealkylation sites (N-methyl/N-ethyl adjacent to an activating group) is 1. The van der Waals surface area contributed by atoms with Crippen molar-refractivity contribution in [3.63, 3.8) is 0 Å². The van der Waals surface area contributed by atoms with Crippen LogP contribution in [0.5, 0.6) is 0 Å². The molecular weight excluding hydrogens is 374 g/mol. The lowest BCUT2D eigenvalue weighted by molar-refractivity contribution is 0.0954. The molecule has 6 nitrogen and oxygen atoms in total. The van der Waals surface area contributed by atoms with E-state index in [1.165, 1.54) is 29.8 Å². The maximum atomic E-state index is 12.3. The fraction of sp³-hybridized carbons (Fsp3) is 0.381. The van der Waals surface area contributed by atoms with Crippen molar-refractivity contribution in [2.24, 2.45) is 0 Å². The van der Waals surface area contributed by atoms with Gasteiger partial charge in [0.2, 0.25) is 10.0 Å². The van der Waals surface area contributed by atoms with Crippen LogP contribution in [0.1, 0.15) is 36.7 Å². The number of rotatable bonds is 9. The summed E-state index contributed by atoms with van der Waals surface area (Å²) < 4.78 is 26.8. The number of anilines is 1. The minimum atomic E-state index is -3.56. The van der Waals surface area contributed by atoms with Crippen LogP contribution in [0.3, 0.4) is 0 Å². The Morgan fingerprint density at radius 2 is 1.79 bits per heavy atom. The van der Waals surface area contributed by atoms with Crippen LogP contribution in [0.2, 0.25) is 0 Å². The molecule has 0 fully saturated rings. The van der Waals surface area contributed by atoms with E-state index in [4.69, 9.17) is 0 Å². The fourth-order valence-corrected chi connectivity index (χ4v) is 4.12. The van der Waals surface area contributed by atoms with Gasteiger partial charge in [-0.1, -0.05) is 12.1 Å². The first-order valence-electron chi connectivity index (χ1n) is 9.45. The molecule has 152 valence electrons. The quantitative estimate of drug-likeness (QED) is 0.675. The van der Waals surface area contributed by atoms with E-state index >= 15 is 0 Å². The Balaban J connectivity index is 1.94. The lowest BCUT2D eigenvalue weighted by Crippen LogP contribution is -2.35. The highest BCUT2D eigenvalue weighted by Gasteiger charge is 2.16. The number of sulfonamides is 1. The maximum absolute atomic E-state index is 12.3. The van der Waals surface area contributed by atoms with Crippen LogP contribution in [-0.4, -0.2) is 40.0 Å². The standard InChI is InChI=1S/C21H29N3O3S/c1-5-24(19-8-6-7-17(4)15-19)14-13-22-21(25)18-9-11-20(12-10-18)28(26,27)23-16(2)3/h6-12,15-16,23H,5,13-14H2,1-4H3,(H,22,25). The van der Waals surface area contributed by atoms with Crippen LogP contribution in [-0.2, 0) is 10.0 Å². The number of nitrogens with one attached hydrogen (secondary N) is 2. The van der Waals surface area contributed by atoms with Crippen LogP contribution in [0.25, 0.3) is 0 Å². The molecule has 0 aromatic heterocycles. The Labute approximate surface area is 168 Å². The number of carbonyl (C=O) groups is 1. The molecule has 2 aromatic rings. The summed E-state index contributed by atoms with van der Waals surface area (Å²) in [5.74, 6) is -0.221. The summed E-state index contributed by atoms with van der Waals surface area (Å²) in [5, 5.41) is 2.89. The van der Waals surface area contributed by atoms with Crippen LogP contribution < -0.4 is 14.9 Å². The predicted molar refractivity (Wildman–Crippen MR) is 113 cm³/mol. The molecule has 7 heteroatoms. The molecule has 0 aliphatic heterocycles. The SMILES string of the molecule is CCN(CCNC(=O)c1ccc(S(=O)(=O)NC(C)C)cc1)c1cccc(C)c1. The van der Waals surface area contributed by atoms with Crippen molar-refractivity contribution < 1.29 is 13.2 Å². The van der Waals surface area contributed by atoms with E-state index in [1.807, 2.05) is 6.07 Å². The van der Waals surface area contributed by atoms with Crippen molar-refractivity contribution in [2.45, 2.75) is 38.6 Å². The van der Waals surface area contributed by atoms with Crippen LogP contribution in [0.15, 0.2) is 53.4 Å². The molecule has 0 aliphatic carbocycles. The van der Waals surface area contributed by atoms with Gasteiger partial charge in [-0.2, -0.15) is 0 Å². The highest BCUT2D eigenvalue weighted by Crippen LogP contribution is 2.15. The van der Waals surface area contributed by atoms with E-state index in [2.05, 4.69) is 47.0 Å². The van der Waals surface area contributed by atoms with Gasteiger partial charge in [0.15, 0.2) is 0 Å². The predicted octanol–water partition coefficient (Wildman–Crippen LogP) is 2.94. The van der Waals surface area contributed by atoms with Gasteiger partial charge < -0.3 is 10.2 Å². The molecule has 0 heterocycles. The monoisotopic (exact) mass is 403 g/mol. The van der Waals surface area contributed by atoms with E-state index in [-0.39, 0.29) is 16.8 Å². The third kappa shape index (κ3) is 6.07. The van der Waals surface area contributed by atoms with Gasteiger partial charge in [-0.15, -0.1) is 0 Å². The molecule has 28 heavy (non-hydrogen) atoms. The zero-order chi connectivity index (χ0) is 20.7. The Morgan fingerprint density at radius 3 is 2.36 bits per heavy atom. The van der Waals surface area contributed by atoms with Crippen LogP contribution in [0.4, 0.5) is 5.69 Å². The maximum Gasteiger partial charge on any atom is 0.251 e. The van der Waals surface area contributed by atoms with Gasteiger partial charge in [0.05, 0.1) is 4.90 Å². The van der Waals surface area contributed by atoms with E-state index < -0.39 is 10.0 Å². The second-order valence-corrected chi connectivity index (χ2v) is 8.69. The minimum Gasteiger partial charge on any atom is -0.370 e. The Morgan fingerprint density at radius 1 is 1.11 bits per heavy atom. The second-order valence-electron chi connectivity index (χ2n) is 6.97. The van der Waals surface area contributed by atoms with Crippen molar-refractivity contribution in [1.82, 2.24) is 10.0 Å². The number of benzene rings is 2. The highest BCUT2D eigenvalue weighted by molar-refractivity contribution is 7.89. The lowest BCUT2D eigenvalue weighted by Gasteiger charge is -2.23. The van der Waals surface area contributed by atoms with Crippen LogP contribution >= 0.6 is 0 Å². The molecule has 0 aliphatic rings. The molecule has 2 aromatic carbocycles. The summed E-state index contributed by atoms with van der Waals surface area (Å²) in [4.78, 5) is 14.7. The Kier molecular flexibility index (Phi) is 7.60. The number of aryl methyl sites for hydroxylation is 1. The topological polar surface area (TPSA) is 78.5 Å². The molecule has 0 saturated heterocycles. The molecule has 2 rings (SSSR count). The second kappa shape index (κ2) is 9.71. The number of hydrogen-bond donors (Lipinski definition) is 2. The summed E-state index contributed by atoms with van der Waals surface area (Å²) in [7, 11) is -3.56. The van der Waals surface area contributed by atoms with Gasteiger partial charge in [-0.3, -0.25) is 4.79 Å². The number of carbonyl (C=O) groups excluding carboxylic acids is 1. The Hall–Kier alpha value is -2.38. The zero-order valence-electron chi connectivity index (χ0n) is 16.9. The number of nitrogens with zero attached hydrogens (tertiary/aromatic N) is 1. The molecule has 0 saturated carbocycles. The first-order chi connectivity index (χ1) is 13.2. The Bertz CT molecular complexity index is 893. The summed E-state index contributed by atoms with van der Waals surface area (Å²) in [6.07, 6.45) is 0. The van der Waals surface area contributed by atoms with E-state index in [9.17, 15) is 13.2 Å². The zero-order valence-corrected chi connectivity index (χ0v) is 17.7. The average molecular weight is 404 g/mol. The van der Waals surface area contributed by atoms with Crippen molar-refractivity contribution in [1.29, 1.82) is 0 Å². The van der Waals surface area contributed by atoms with Gasteiger partial charge in [-0.25, -0.2) is 13.1 Å². The summed E-state index contributed by atoms with van der Waals surface area (Å²) in [6.45, 7) is 9.68. The molecule has 0 bridgehead atoms. The van der Waals surface area contributed by atoms with E-state index in [0.29, 0.717) is 18.7 Å². The van der Waals surface area contributed by atoms with Crippen molar-refractivity contribution >= 4 is 21.6 Å². The fourth-order valence-electron chi connectivity index (χ4n) is 2.86. The largest absolute Gasteiger partial charge is 0.370 e. The average Bonchev–Trinajstić information content (AvgIpc) is 2.64. The van der Waals surface area contributed by atoms with E-state index in [1.54, 1.807) is 13.8 Å². The molecule has 0 atom stereocenters. The smallest absolute Gasteiger partial charge is 0.251 e. The van der Waals surface area contributed by atoms with Gasteiger partial charge in [0, 0.05) is 36.9 Å². The van der Waals surface area contributed by atoms with Gasteiger partial charge >= 0.3 is 0 Å². The molecule has 0 unspecified atom stereocenters. The number of hydrogen-bond acceptors (Lipinski definition) is 4. The van der Waals surface area contributed by atoms with Crippen molar-refractivity contribution in [3.05, 3.63) is 59.7 Å². The van der Waals surface area contributed by atoms with Gasteiger partial charge in [0.25, 0.3) is 5.91 Å². The molecule has 2 N–H and O–H groups in total. The molecule has 1 amide bonds. The van der Waals surface area contributed by atoms with Gasteiger partial charge in [-0.05, 0) is 69.7 Å².